The Labute approximate surface area is 252 Å². The molecule has 0 aromatic heterocycles. The number of hydrogen-bond acceptors (Lipinski definition) is 4. The summed E-state index contributed by atoms with van der Waals surface area (Å²) in [5.74, 6) is 0.0438. The number of thioether (sulfide) groups is 1. The van der Waals surface area contributed by atoms with Crippen LogP contribution in [-0.4, -0.2) is 22.9 Å². The molecule has 0 aliphatic carbocycles. The van der Waals surface area contributed by atoms with Gasteiger partial charge in [0, 0.05) is 21.3 Å². The average Bonchev–Trinajstić information content (AvgIpc) is 3.32. The van der Waals surface area contributed by atoms with Crippen molar-refractivity contribution in [1.29, 1.82) is 0 Å². The lowest BCUT2D eigenvalue weighted by Crippen LogP contribution is -2.29. The van der Waals surface area contributed by atoms with E-state index in [1.807, 2.05) is 60.7 Å². The van der Waals surface area contributed by atoms with Gasteiger partial charge in [0.2, 0.25) is 0 Å². The summed E-state index contributed by atoms with van der Waals surface area (Å²) in [6.07, 6.45) is 5.15. The molecule has 1 fully saturated rings. The average molecular weight is 631 g/mol. The second-order valence-electron chi connectivity index (χ2n) is 9.69. The molecule has 5 rings (SSSR count). The van der Waals surface area contributed by atoms with Crippen LogP contribution in [0.3, 0.4) is 0 Å². The molecule has 1 amide bonds. The zero-order valence-corrected chi connectivity index (χ0v) is 24.9. The topological polar surface area (TPSA) is 46.6 Å². The summed E-state index contributed by atoms with van der Waals surface area (Å²) < 4.78 is 20.5. The predicted octanol–water partition coefficient (Wildman–Crippen LogP) is 9.66. The van der Waals surface area contributed by atoms with Gasteiger partial charge in [0.15, 0.2) is 5.78 Å². The fourth-order valence-electron chi connectivity index (χ4n) is 4.77. The van der Waals surface area contributed by atoms with Gasteiger partial charge < -0.3 is 4.74 Å². The molecule has 0 N–H and O–H groups in total. The van der Waals surface area contributed by atoms with Crippen LogP contribution >= 0.6 is 27.7 Å². The van der Waals surface area contributed by atoms with E-state index in [2.05, 4.69) is 35.0 Å². The Balaban J connectivity index is 1.52. The SMILES string of the molecule is CCCCOc1cc(Br)ccc1[C@@H]1[C@@H](/C=C/C(=O)c2ccc(F)cc2)SC(=O)N1c1ccc(-c2ccccc2)cc1. The number of ether oxygens (including phenoxy) is 1. The maximum absolute atomic E-state index is 13.6. The number of benzene rings is 4. The fraction of sp³-hybridized carbons (Fsp3) is 0.176. The number of carbonyl (C=O) groups is 2. The molecular formula is C34H29BrFNO3S. The number of rotatable bonds is 10. The van der Waals surface area contributed by atoms with E-state index in [9.17, 15) is 14.0 Å². The number of unbranched alkanes of at least 4 members (excludes halogenated alkanes) is 1. The molecule has 41 heavy (non-hydrogen) atoms. The van der Waals surface area contributed by atoms with Crippen molar-refractivity contribution < 1.29 is 18.7 Å². The maximum Gasteiger partial charge on any atom is 0.287 e. The Kier molecular flexibility index (Phi) is 9.37. The molecule has 4 nitrogen and oxygen atoms in total. The van der Waals surface area contributed by atoms with Gasteiger partial charge in [0.1, 0.15) is 11.6 Å². The molecule has 1 aliphatic heterocycles. The Morgan fingerprint density at radius 1 is 0.976 bits per heavy atom. The van der Waals surface area contributed by atoms with E-state index < -0.39 is 11.9 Å². The van der Waals surface area contributed by atoms with Gasteiger partial charge in [0.05, 0.1) is 17.9 Å². The van der Waals surface area contributed by atoms with E-state index in [-0.39, 0.29) is 16.3 Å². The first kappa shape index (κ1) is 28.8. The molecule has 0 spiro atoms. The van der Waals surface area contributed by atoms with Crippen LogP contribution in [-0.2, 0) is 0 Å². The molecule has 2 atom stereocenters. The summed E-state index contributed by atoms with van der Waals surface area (Å²) in [6.45, 7) is 2.67. The van der Waals surface area contributed by atoms with Crippen LogP contribution < -0.4 is 9.64 Å². The van der Waals surface area contributed by atoms with Crippen LogP contribution in [0.5, 0.6) is 5.75 Å². The predicted molar refractivity (Wildman–Crippen MR) is 168 cm³/mol. The van der Waals surface area contributed by atoms with Gasteiger partial charge in [-0.2, -0.15) is 0 Å². The summed E-state index contributed by atoms with van der Waals surface area (Å²) >= 11 is 4.73. The van der Waals surface area contributed by atoms with Crippen LogP contribution in [0.4, 0.5) is 14.9 Å². The normalized spacial score (nSPS) is 16.9. The van der Waals surface area contributed by atoms with Gasteiger partial charge in [-0.3, -0.25) is 14.5 Å². The Morgan fingerprint density at radius 2 is 1.68 bits per heavy atom. The number of ketones is 1. The van der Waals surface area contributed by atoms with E-state index in [0.29, 0.717) is 17.9 Å². The number of amides is 1. The molecule has 1 heterocycles. The summed E-state index contributed by atoms with van der Waals surface area (Å²) in [4.78, 5) is 28.3. The molecule has 208 valence electrons. The van der Waals surface area contributed by atoms with Gasteiger partial charge in [-0.15, -0.1) is 0 Å². The van der Waals surface area contributed by atoms with Crippen molar-refractivity contribution in [3.8, 4) is 16.9 Å². The number of allylic oxidation sites excluding steroid dienone is 1. The Morgan fingerprint density at radius 3 is 2.39 bits per heavy atom. The molecule has 0 unspecified atom stereocenters. The van der Waals surface area contributed by atoms with Gasteiger partial charge >= 0.3 is 0 Å². The quantitative estimate of drug-likeness (QED) is 0.0995. The maximum atomic E-state index is 13.6. The summed E-state index contributed by atoms with van der Waals surface area (Å²) in [7, 11) is 0. The zero-order valence-electron chi connectivity index (χ0n) is 22.5. The highest BCUT2D eigenvalue weighted by Crippen LogP contribution is 2.48. The lowest BCUT2D eigenvalue weighted by Gasteiger charge is -2.28. The third kappa shape index (κ3) is 6.80. The number of carbonyl (C=O) groups excluding carboxylic acids is 2. The van der Waals surface area contributed by atoms with Gasteiger partial charge in [-0.1, -0.05) is 95.6 Å². The van der Waals surface area contributed by atoms with Gasteiger partial charge in [0.25, 0.3) is 5.24 Å². The minimum atomic E-state index is -0.419. The molecule has 4 aromatic rings. The Hall–Kier alpha value is -3.68. The fourth-order valence-corrected chi connectivity index (χ4v) is 6.23. The minimum absolute atomic E-state index is 0.117. The molecule has 0 bridgehead atoms. The second-order valence-corrected chi connectivity index (χ2v) is 11.7. The van der Waals surface area contributed by atoms with Crippen LogP contribution in [0, 0.1) is 5.82 Å². The van der Waals surface area contributed by atoms with E-state index in [1.165, 1.54) is 42.1 Å². The minimum Gasteiger partial charge on any atom is -0.493 e. The van der Waals surface area contributed by atoms with Crippen molar-refractivity contribution in [2.45, 2.75) is 31.1 Å². The largest absolute Gasteiger partial charge is 0.493 e. The van der Waals surface area contributed by atoms with E-state index in [0.717, 1.165) is 39.7 Å². The molecule has 4 aromatic carbocycles. The summed E-state index contributed by atoms with van der Waals surface area (Å²) in [6, 6.07) is 28.9. The molecule has 0 saturated carbocycles. The molecule has 7 heteroatoms. The van der Waals surface area contributed by atoms with Crippen LogP contribution in [0.2, 0.25) is 0 Å². The summed E-state index contributed by atoms with van der Waals surface area (Å²) in [5.41, 5.74) is 4.15. The third-order valence-corrected chi connectivity index (χ3v) is 8.47. The molecular weight excluding hydrogens is 601 g/mol. The first-order valence-corrected chi connectivity index (χ1v) is 15.2. The van der Waals surface area contributed by atoms with Crippen LogP contribution in [0.25, 0.3) is 11.1 Å². The second kappa shape index (κ2) is 13.3. The summed E-state index contributed by atoms with van der Waals surface area (Å²) in [5, 5.41) is -0.482. The monoisotopic (exact) mass is 629 g/mol. The van der Waals surface area contributed by atoms with Gasteiger partial charge in [-0.05, 0) is 72.2 Å². The van der Waals surface area contributed by atoms with Crippen molar-refractivity contribution in [1.82, 2.24) is 0 Å². The zero-order chi connectivity index (χ0) is 28.8. The third-order valence-electron chi connectivity index (χ3n) is 6.89. The van der Waals surface area contributed by atoms with Crippen molar-refractivity contribution >= 4 is 44.4 Å². The number of hydrogen-bond donors (Lipinski definition) is 0. The highest BCUT2D eigenvalue weighted by atomic mass is 79.9. The van der Waals surface area contributed by atoms with Crippen LogP contribution in [0.15, 0.2) is 114 Å². The molecule has 1 saturated heterocycles. The molecule has 1 aliphatic rings. The van der Waals surface area contributed by atoms with Crippen LogP contribution in [0.1, 0.15) is 41.7 Å². The van der Waals surface area contributed by atoms with Crippen molar-refractivity contribution in [2.24, 2.45) is 0 Å². The highest BCUT2D eigenvalue weighted by molar-refractivity contribution is 9.10. The van der Waals surface area contributed by atoms with E-state index in [4.69, 9.17) is 4.74 Å². The lowest BCUT2D eigenvalue weighted by atomic mass is 9.98. The van der Waals surface area contributed by atoms with E-state index >= 15 is 0 Å². The van der Waals surface area contributed by atoms with Crippen molar-refractivity contribution in [3.05, 3.63) is 131 Å². The highest BCUT2D eigenvalue weighted by Gasteiger charge is 2.42. The number of nitrogens with zero attached hydrogens (tertiary/aromatic N) is 1. The van der Waals surface area contributed by atoms with Crippen molar-refractivity contribution in [2.75, 3.05) is 11.5 Å². The number of anilines is 1. The lowest BCUT2D eigenvalue weighted by molar-refractivity contribution is 0.104. The first-order chi connectivity index (χ1) is 19.9. The number of halogens is 2. The van der Waals surface area contributed by atoms with E-state index in [1.54, 1.807) is 11.0 Å². The molecule has 0 radical (unpaired) electrons. The van der Waals surface area contributed by atoms with Gasteiger partial charge in [-0.25, -0.2) is 4.39 Å². The smallest absolute Gasteiger partial charge is 0.287 e. The first-order valence-electron chi connectivity index (χ1n) is 13.5. The Bertz CT molecular complexity index is 1540. The van der Waals surface area contributed by atoms with Crippen molar-refractivity contribution in [3.63, 3.8) is 0 Å². The standard InChI is InChI=1S/C34H29BrFNO3S/c1-2-3-21-40-31-22-26(35)13-18-29(31)33-32(20-19-30(38)25-9-14-27(36)15-10-25)41-34(39)37(33)28-16-11-24(12-17-28)23-7-5-4-6-8-23/h4-20,22,32-33H,2-3,21H2,1H3/b20-19+/t32-,33-/m1/s1.